The first-order valence-corrected chi connectivity index (χ1v) is 9.80. The number of nitrogens with zero attached hydrogens (tertiary/aromatic N) is 2. The molecule has 3 rings (SSSR count). The van der Waals surface area contributed by atoms with Crippen LogP contribution in [0.5, 0.6) is 0 Å². The minimum absolute atomic E-state index is 0.0927. The van der Waals surface area contributed by atoms with E-state index in [0.29, 0.717) is 11.4 Å². The zero-order valence-electron chi connectivity index (χ0n) is 14.1. The number of primary sulfonamides is 1. The van der Waals surface area contributed by atoms with Crippen LogP contribution in [0.4, 0.5) is 0 Å². The summed E-state index contributed by atoms with van der Waals surface area (Å²) in [5, 5.41) is 5.27. The largest absolute Gasteiger partial charge is 0.320 e. The third-order valence-corrected chi connectivity index (χ3v) is 5.63. The highest BCUT2D eigenvalue weighted by molar-refractivity contribution is 7.89. The highest BCUT2D eigenvalue weighted by Gasteiger charge is 2.16. The summed E-state index contributed by atoms with van der Waals surface area (Å²) >= 11 is 5.55. The Kier molecular flexibility index (Phi) is 4.79. The number of quaternary nitrogens is 1. The zero-order valence-corrected chi connectivity index (χ0v) is 15.8. The Hall–Kier alpha value is -2.00. The summed E-state index contributed by atoms with van der Waals surface area (Å²) in [5.74, 6) is 0. The van der Waals surface area contributed by atoms with Gasteiger partial charge in [0.1, 0.15) is 6.54 Å². The summed E-state index contributed by atoms with van der Waals surface area (Å²) in [5.41, 5.74) is 2.88. The summed E-state index contributed by atoms with van der Waals surface area (Å²) in [7, 11) is 0.205. The molecule has 1 aromatic heterocycles. The quantitative estimate of drug-likeness (QED) is 0.652. The molecule has 0 radical (unpaired) electrons. The van der Waals surface area contributed by atoms with Crippen LogP contribution in [0, 0.1) is 4.77 Å². The van der Waals surface area contributed by atoms with Crippen molar-refractivity contribution >= 4 is 33.3 Å². The van der Waals surface area contributed by atoms with Gasteiger partial charge in [0.15, 0.2) is 11.4 Å². The van der Waals surface area contributed by atoms with Gasteiger partial charge in [-0.3, -0.25) is 4.57 Å². The number of nitrogens with one attached hydrogen (secondary N) is 1. The Morgan fingerprint density at radius 3 is 2.44 bits per heavy atom. The van der Waals surface area contributed by atoms with Crippen LogP contribution in [0.25, 0.3) is 11.0 Å². The molecular weight excluding hydrogens is 356 g/mol. The second-order valence-electron chi connectivity index (χ2n) is 6.24. The number of hydrogen-bond acceptors (Lipinski definition) is 3. The highest BCUT2D eigenvalue weighted by atomic mass is 32.2. The molecule has 0 fully saturated rings. The third-order valence-electron chi connectivity index (χ3n) is 4.22. The number of nitrogens with two attached hydrogens (primary N) is 1. The standard InChI is InChI=1S/C17H20N4O2S2/c1-19(11-13-6-4-3-5-7-13)12-21-16-10-14(25(18,22)23)8-9-15(16)20(2)17(21)24/h3-10H,11-12H2,1-2H3,(H2,18,22,23)/p+1. The molecule has 0 aliphatic heterocycles. The van der Waals surface area contributed by atoms with Crippen LogP contribution >= 0.6 is 12.2 Å². The summed E-state index contributed by atoms with van der Waals surface area (Å²) < 4.78 is 27.8. The van der Waals surface area contributed by atoms with Crippen LogP contribution in [-0.4, -0.2) is 24.6 Å². The van der Waals surface area contributed by atoms with E-state index < -0.39 is 10.0 Å². The Morgan fingerprint density at radius 2 is 1.80 bits per heavy atom. The lowest BCUT2D eigenvalue weighted by molar-refractivity contribution is -0.916. The smallest absolute Gasteiger partial charge is 0.238 e. The minimum atomic E-state index is -3.76. The van der Waals surface area contributed by atoms with Crippen LogP contribution in [-0.2, 0) is 30.3 Å². The fourth-order valence-corrected chi connectivity index (χ4v) is 3.79. The van der Waals surface area contributed by atoms with Crippen molar-refractivity contribution in [3.05, 3.63) is 58.9 Å². The maximum atomic E-state index is 11.7. The van der Waals surface area contributed by atoms with Crippen molar-refractivity contribution in [1.29, 1.82) is 0 Å². The summed E-state index contributed by atoms with van der Waals surface area (Å²) in [6, 6.07) is 15.1. The first-order chi connectivity index (χ1) is 11.8. The number of imidazole rings is 1. The molecule has 0 amide bonds. The SMILES string of the molecule is Cn1c(=S)n(C[NH+](C)Cc2ccccc2)c2cc(S(N)(=O)=O)ccc21. The van der Waals surface area contributed by atoms with Crippen LogP contribution in [0.3, 0.4) is 0 Å². The molecule has 3 N–H and O–H groups in total. The van der Waals surface area contributed by atoms with Gasteiger partial charge in [0, 0.05) is 12.6 Å². The Balaban J connectivity index is 2.00. The maximum absolute atomic E-state index is 11.7. The van der Waals surface area contributed by atoms with Gasteiger partial charge >= 0.3 is 0 Å². The molecule has 0 spiro atoms. The number of rotatable bonds is 5. The van der Waals surface area contributed by atoms with Crippen LogP contribution in [0.2, 0.25) is 0 Å². The van der Waals surface area contributed by atoms with Crippen molar-refractivity contribution in [3.8, 4) is 0 Å². The molecule has 25 heavy (non-hydrogen) atoms. The van der Waals surface area contributed by atoms with Gasteiger partial charge < -0.3 is 9.47 Å². The van der Waals surface area contributed by atoms with Gasteiger partial charge in [-0.05, 0) is 30.4 Å². The second kappa shape index (κ2) is 6.72. The molecule has 3 aromatic rings. The molecule has 0 aliphatic carbocycles. The number of benzene rings is 2. The van der Waals surface area contributed by atoms with E-state index in [9.17, 15) is 8.42 Å². The molecule has 0 saturated carbocycles. The number of hydrogen-bond donors (Lipinski definition) is 2. The van der Waals surface area contributed by atoms with Crippen LogP contribution < -0.4 is 10.0 Å². The molecule has 1 atom stereocenters. The Bertz CT molecular complexity index is 1070. The maximum Gasteiger partial charge on any atom is 0.238 e. The van der Waals surface area contributed by atoms with Crippen molar-refractivity contribution in [2.45, 2.75) is 18.1 Å². The first kappa shape index (κ1) is 17.8. The molecule has 0 saturated heterocycles. The van der Waals surface area contributed by atoms with E-state index >= 15 is 0 Å². The topological polar surface area (TPSA) is 74.5 Å². The van der Waals surface area contributed by atoms with Gasteiger partial charge in [0.05, 0.1) is 23.0 Å². The fourth-order valence-electron chi connectivity index (χ4n) is 2.99. The van der Waals surface area contributed by atoms with Crippen molar-refractivity contribution < 1.29 is 13.3 Å². The van der Waals surface area contributed by atoms with Crippen molar-refractivity contribution in [2.75, 3.05) is 7.05 Å². The monoisotopic (exact) mass is 377 g/mol. The van der Waals surface area contributed by atoms with Gasteiger partial charge in [-0.1, -0.05) is 30.3 Å². The van der Waals surface area contributed by atoms with E-state index in [1.54, 1.807) is 12.1 Å². The van der Waals surface area contributed by atoms with E-state index in [2.05, 4.69) is 19.2 Å². The Morgan fingerprint density at radius 1 is 1.12 bits per heavy atom. The molecule has 0 bridgehead atoms. The molecule has 6 nitrogen and oxygen atoms in total. The normalized spacial score (nSPS) is 13.2. The van der Waals surface area contributed by atoms with Gasteiger partial charge in [0.2, 0.25) is 10.0 Å². The Labute approximate surface area is 152 Å². The van der Waals surface area contributed by atoms with Gasteiger partial charge in [0.25, 0.3) is 0 Å². The molecule has 1 unspecified atom stereocenters. The summed E-state index contributed by atoms with van der Waals surface area (Å²) in [6.07, 6.45) is 0. The number of fused-ring (bicyclic) bond motifs is 1. The number of sulfonamides is 1. The summed E-state index contributed by atoms with van der Waals surface area (Å²) in [6.45, 7) is 1.47. The molecule has 1 heterocycles. The summed E-state index contributed by atoms with van der Waals surface area (Å²) in [4.78, 5) is 1.32. The lowest BCUT2D eigenvalue weighted by Gasteiger charge is -2.15. The van der Waals surface area contributed by atoms with E-state index in [1.165, 1.54) is 16.5 Å². The average molecular weight is 378 g/mol. The minimum Gasteiger partial charge on any atom is -0.320 e. The van der Waals surface area contributed by atoms with Gasteiger partial charge in [-0.15, -0.1) is 0 Å². The molecule has 132 valence electrons. The van der Waals surface area contributed by atoms with E-state index in [4.69, 9.17) is 17.4 Å². The zero-order chi connectivity index (χ0) is 18.2. The van der Waals surface area contributed by atoms with Crippen molar-refractivity contribution in [3.63, 3.8) is 0 Å². The predicted octanol–water partition coefficient (Wildman–Crippen LogP) is 1.03. The average Bonchev–Trinajstić information content (AvgIpc) is 2.79. The molecular formula is C17H21N4O2S2+. The van der Waals surface area contributed by atoms with Gasteiger partial charge in [-0.25, -0.2) is 13.6 Å². The van der Waals surface area contributed by atoms with E-state index in [-0.39, 0.29) is 4.90 Å². The predicted molar refractivity (Wildman–Crippen MR) is 100 cm³/mol. The highest BCUT2D eigenvalue weighted by Crippen LogP contribution is 2.20. The van der Waals surface area contributed by atoms with E-state index in [1.807, 2.05) is 34.4 Å². The fraction of sp³-hybridized carbons (Fsp3) is 0.235. The van der Waals surface area contributed by atoms with E-state index in [0.717, 1.165) is 17.6 Å². The third kappa shape index (κ3) is 3.67. The molecule has 2 aromatic carbocycles. The molecule has 8 heteroatoms. The first-order valence-electron chi connectivity index (χ1n) is 7.84. The molecule has 0 aliphatic rings. The number of aromatic nitrogens is 2. The van der Waals surface area contributed by atoms with Crippen molar-refractivity contribution in [2.24, 2.45) is 12.2 Å². The second-order valence-corrected chi connectivity index (χ2v) is 8.17. The van der Waals surface area contributed by atoms with Crippen LogP contribution in [0.15, 0.2) is 53.4 Å². The number of aryl methyl sites for hydroxylation is 1. The van der Waals surface area contributed by atoms with Crippen LogP contribution in [0.1, 0.15) is 5.56 Å². The van der Waals surface area contributed by atoms with Gasteiger partial charge in [-0.2, -0.15) is 0 Å². The van der Waals surface area contributed by atoms with Crippen molar-refractivity contribution in [1.82, 2.24) is 9.13 Å². The lowest BCUT2D eigenvalue weighted by atomic mass is 10.2. The lowest BCUT2D eigenvalue weighted by Crippen LogP contribution is -3.06.